The number of carbonyl (C=O) groups excluding carboxylic acids is 1. The molecule has 37 heavy (non-hydrogen) atoms. The lowest BCUT2D eigenvalue weighted by molar-refractivity contribution is -0.153. The molecule has 1 amide bonds. The molecular formula is C25H25FN6O5. The van der Waals surface area contributed by atoms with E-state index in [1.165, 1.54) is 11.0 Å². The van der Waals surface area contributed by atoms with Crippen LogP contribution in [0, 0.1) is 5.82 Å². The van der Waals surface area contributed by atoms with Crippen LogP contribution in [-0.2, 0) is 25.6 Å². The molecule has 6 rings (SSSR count). The Morgan fingerprint density at radius 2 is 2.08 bits per heavy atom. The molecule has 2 fully saturated rings. The number of hydrogen-bond acceptors (Lipinski definition) is 9. The highest BCUT2D eigenvalue weighted by Gasteiger charge is 2.41. The van der Waals surface area contributed by atoms with E-state index in [1.54, 1.807) is 47.5 Å². The number of anilines is 1. The number of cyclic esters (lactones) is 1. The number of benzene rings is 1. The number of hydrogen-bond donors (Lipinski definition) is 0. The number of nitrogens with zero attached hydrogens (tertiary/aromatic N) is 6. The highest BCUT2D eigenvalue weighted by atomic mass is 19.1. The Labute approximate surface area is 211 Å². The van der Waals surface area contributed by atoms with Gasteiger partial charge in [0.1, 0.15) is 23.7 Å². The second kappa shape index (κ2) is 9.20. The minimum Gasteiger partial charge on any atom is -0.442 e. The summed E-state index contributed by atoms with van der Waals surface area (Å²) in [6.07, 6.45) is 4.01. The molecule has 1 aromatic carbocycles. The molecule has 3 aliphatic heterocycles. The van der Waals surface area contributed by atoms with Crippen LogP contribution in [0.25, 0.3) is 11.1 Å². The first kappa shape index (κ1) is 23.5. The Bertz CT molecular complexity index is 1330. The van der Waals surface area contributed by atoms with Gasteiger partial charge in [-0.1, -0.05) is 16.4 Å². The average Bonchev–Trinajstić information content (AvgIpc) is 3.67. The van der Waals surface area contributed by atoms with E-state index in [2.05, 4.69) is 20.5 Å². The van der Waals surface area contributed by atoms with Crippen molar-refractivity contribution in [3.8, 4) is 11.1 Å². The van der Waals surface area contributed by atoms with Crippen molar-refractivity contribution in [1.29, 1.82) is 0 Å². The van der Waals surface area contributed by atoms with E-state index in [9.17, 15) is 4.79 Å². The van der Waals surface area contributed by atoms with E-state index >= 15 is 4.39 Å². The Hall–Kier alpha value is -3.90. The fourth-order valence-electron chi connectivity index (χ4n) is 4.64. The van der Waals surface area contributed by atoms with E-state index < -0.39 is 23.8 Å². The molecule has 5 heterocycles. The molecule has 192 valence electrons. The van der Waals surface area contributed by atoms with Crippen LogP contribution in [0.1, 0.15) is 26.0 Å². The Balaban J connectivity index is 1.11. The fourth-order valence-corrected chi connectivity index (χ4v) is 4.64. The van der Waals surface area contributed by atoms with Gasteiger partial charge in [0, 0.05) is 29.9 Å². The Kier molecular flexibility index (Phi) is 5.84. The number of amides is 1. The molecule has 0 radical (unpaired) electrons. The molecule has 0 spiro atoms. The molecular weight excluding hydrogens is 483 g/mol. The van der Waals surface area contributed by atoms with Crippen molar-refractivity contribution in [3.05, 3.63) is 60.4 Å². The number of aromatic nitrogens is 4. The zero-order valence-corrected chi connectivity index (χ0v) is 20.3. The third-order valence-corrected chi connectivity index (χ3v) is 6.51. The summed E-state index contributed by atoms with van der Waals surface area (Å²) < 4.78 is 33.6. The third-order valence-electron chi connectivity index (χ3n) is 6.51. The molecule has 0 unspecified atom stereocenters. The SMILES string of the molecule is CC1(C)OC[C@@H]([C@@H]2CC(c3ccc(-c4ccc(N5C[C@H](Cn6ccnn6)OC5=O)cc4F)cn3)=NO2)O1. The van der Waals surface area contributed by atoms with Crippen molar-refractivity contribution in [2.24, 2.45) is 5.16 Å². The van der Waals surface area contributed by atoms with Gasteiger partial charge in [-0.3, -0.25) is 9.88 Å². The van der Waals surface area contributed by atoms with Crippen LogP contribution in [0.4, 0.5) is 14.9 Å². The molecule has 3 aliphatic rings. The van der Waals surface area contributed by atoms with Gasteiger partial charge in [-0.2, -0.15) is 0 Å². The lowest BCUT2D eigenvalue weighted by atomic mass is 10.0. The lowest BCUT2D eigenvalue weighted by Gasteiger charge is -2.19. The molecule has 3 atom stereocenters. The molecule has 0 N–H and O–H groups in total. The van der Waals surface area contributed by atoms with E-state index in [0.717, 1.165) is 0 Å². The van der Waals surface area contributed by atoms with E-state index in [0.29, 0.717) is 47.8 Å². The summed E-state index contributed by atoms with van der Waals surface area (Å²) in [7, 11) is 0. The zero-order valence-electron chi connectivity index (χ0n) is 20.3. The largest absolute Gasteiger partial charge is 0.442 e. The first-order valence-corrected chi connectivity index (χ1v) is 12.0. The minimum atomic E-state index is -0.634. The monoisotopic (exact) mass is 508 g/mol. The minimum absolute atomic E-state index is 0.200. The lowest BCUT2D eigenvalue weighted by Crippen LogP contribution is -2.31. The number of rotatable bonds is 6. The van der Waals surface area contributed by atoms with Gasteiger partial charge in [0.2, 0.25) is 0 Å². The predicted molar refractivity (Wildman–Crippen MR) is 128 cm³/mol. The van der Waals surface area contributed by atoms with Crippen molar-refractivity contribution < 1.29 is 28.2 Å². The number of ether oxygens (including phenoxy) is 3. The van der Waals surface area contributed by atoms with Crippen LogP contribution < -0.4 is 4.90 Å². The molecule has 2 aromatic heterocycles. The topological polar surface area (TPSA) is 113 Å². The number of carbonyl (C=O) groups is 1. The number of oxime groups is 1. The maximum absolute atomic E-state index is 15.1. The first-order valence-electron chi connectivity index (χ1n) is 12.0. The normalized spacial score (nSPS) is 24.7. The van der Waals surface area contributed by atoms with Crippen LogP contribution in [-0.4, -0.2) is 69.0 Å². The first-order chi connectivity index (χ1) is 17.8. The van der Waals surface area contributed by atoms with Crippen LogP contribution >= 0.6 is 0 Å². The summed E-state index contributed by atoms with van der Waals surface area (Å²) >= 11 is 0. The maximum Gasteiger partial charge on any atom is 0.414 e. The maximum atomic E-state index is 15.1. The van der Waals surface area contributed by atoms with Gasteiger partial charge in [-0.25, -0.2) is 13.9 Å². The molecule has 2 saturated heterocycles. The standard InChI is InChI=1S/C25H25FN6O5/c1-25(2)34-14-23(36-25)22-10-21(29-37-22)20-6-3-15(11-27-20)18-5-4-16(9-19(18)26)32-13-17(35-24(32)33)12-31-8-7-28-30-31/h3-9,11,17,22-23H,10,12-14H2,1-2H3/t17-,22-,23-/m0/s1. The van der Waals surface area contributed by atoms with Crippen LogP contribution in [0.15, 0.2) is 54.1 Å². The van der Waals surface area contributed by atoms with E-state index in [4.69, 9.17) is 19.0 Å². The molecule has 0 bridgehead atoms. The van der Waals surface area contributed by atoms with Crippen LogP contribution in [0.2, 0.25) is 0 Å². The van der Waals surface area contributed by atoms with E-state index in [1.807, 2.05) is 13.8 Å². The van der Waals surface area contributed by atoms with E-state index in [-0.39, 0.29) is 18.8 Å². The van der Waals surface area contributed by atoms with Crippen molar-refractivity contribution in [1.82, 2.24) is 20.0 Å². The summed E-state index contributed by atoms with van der Waals surface area (Å²) in [4.78, 5) is 23.8. The zero-order chi connectivity index (χ0) is 25.6. The summed E-state index contributed by atoms with van der Waals surface area (Å²) in [6, 6.07) is 8.22. The van der Waals surface area contributed by atoms with Crippen molar-refractivity contribution in [2.45, 2.75) is 50.9 Å². The van der Waals surface area contributed by atoms with Gasteiger partial charge in [-0.05, 0) is 38.1 Å². The Morgan fingerprint density at radius 1 is 1.19 bits per heavy atom. The predicted octanol–water partition coefficient (Wildman–Crippen LogP) is 3.15. The third kappa shape index (κ3) is 4.77. The summed E-state index contributed by atoms with van der Waals surface area (Å²) in [5, 5.41) is 11.8. The Morgan fingerprint density at radius 3 is 2.78 bits per heavy atom. The quantitative estimate of drug-likeness (QED) is 0.499. The molecule has 0 saturated carbocycles. The number of halogens is 1. The highest BCUT2D eigenvalue weighted by Crippen LogP contribution is 2.31. The molecule has 11 nitrogen and oxygen atoms in total. The fraction of sp³-hybridized carbons (Fsp3) is 0.400. The summed E-state index contributed by atoms with van der Waals surface area (Å²) in [5.74, 6) is -1.10. The van der Waals surface area contributed by atoms with Gasteiger partial charge < -0.3 is 19.0 Å². The average molecular weight is 509 g/mol. The van der Waals surface area contributed by atoms with Gasteiger partial charge >= 0.3 is 6.09 Å². The van der Waals surface area contributed by atoms with Crippen molar-refractivity contribution in [3.63, 3.8) is 0 Å². The summed E-state index contributed by atoms with van der Waals surface area (Å²) in [5.41, 5.74) is 2.75. The smallest absolute Gasteiger partial charge is 0.414 e. The summed E-state index contributed by atoms with van der Waals surface area (Å²) in [6.45, 7) is 4.83. The molecule has 0 aliphatic carbocycles. The second-order valence-corrected chi connectivity index (χ2v) is 9.59. The van der Waals surface area contributed by atoms with Crippen molar-refractivity contribution in [2.75, 3.05) is 18.1 Å². The number of pyridine rings is 1. The van der Waals surface area contributed by atoms with Gasteiger partial charge in [0.15, 0.2) is 11.9 Å². The van der Waals surface area contributed by atoms with Crippen LogP contribution in [0.3, 0.4) is 0 Å². The molecule has 12 heteroatoms. The second-order valence-electron chi connectivity index (χ2n) is 9.59. The van der Waals surface area contributed by atoms with Gasteiger partial charge in [0.25, 0.3) is 0 Å². The molecule has 3 aromatic rings. The van der Waals surface area contributed by atoms with Crippen molar-refractivity contribution >= 4 is 17.5 Å². The van der Waals surface area contributed by atoms with Gasteiger partial charge in [0.05, 0.1) is 37.3 Å². The highest BCUT2D eigenvalue weighted by molar-refractivity contribution is 5.99. The van der Waals surface area contributed by atoms with Gasteiger partial charge in [-0.15, -0.1) is 5.10 Å². The van der Waals surface area contributed by atoms with Crippen LogP contribution in [0.5, 0.6) is 0 Å².